The van der Waals surface area contributed by atoms with E-state index in [4.69, 9.17) is 0 Å². The minimum Gasteiger partial charge on any atom is -0.294 e. The van der Waals surface area contributed by atoms with E-state index in [0.717, 1.165) is 29.5 Å². The Kier molecular flexibility index (Phi) is 6.81. The Morgan fingerprint density at radius 3 is 2.50 bits per heavy atom. The number of hydrogen-bond donors (Lipinski definition) is 0. The maximum atomic E-state index is 11.8. The molecule has 0 aromatic heterocycles. The van der Waals surface area contributed by atoms with Crippen molar-refractivity contribution in [3.8, 4) is 0 Å². The fourth-order valence-corrected chi connectivity index (χ4v) is 2.49. The third-order valence-electron chi connectivity index (χ3n) is 2.27. The van der Waals surface area contributed by atoms with Crippen LogP contribution in [-0.2, 0) is 0 Å². The highest BCUT2D eigenvalue weighted by Gasteiger charge is 2.04. The summed E-state index contributed by atoms with van der Waals surface area (Å²) in [5.41, 5.74) is 0.843. The van der Waals surface area contributed by atoms with Crippen LogP contribution in [0.25, 0.3) is 0 Å². The molecule has 0 saturated carbocycles. The molecule has 16 heavy (non-hydrogen) atoms. The van der Waals surface area contributed by atoms with Crippen molar-refractivity contribution in [2.75, 3.05) is 11.1 Å². The van der Waals surface area contributed by atoms with Crippen molar-refractivity contribution < 1.29 is 4.79 Å². The molecule has 88 valence electrons. The second kappa shape index (κ2) is 7.91. The summed E-state index contributed by atoms with van der Waals surface area (Å²) in [6.45, 7) is 2.13. The van der Waals surface area contributed by atoms with E-state index in [2.05, 4.69) is 22.9 Å². The van der Waals surface area contributed by atoms with E-state index < -0.39 is 0 Å². The SMILES string of the molecule is CCSc1ccc(C(=O)CCCCBr)cc1. The van der Waals surface area contributed by atoms with Gasteiger partial charge in [-0.15, -0.1) is 11.8 Å². The number of thioether (sulfide) groups is 1. The van der Waals surface area contributed by atoms with Gasteiger partial charge >= 0.3 is 0 Å². The zero-order valence-electron chi connectivity index (χ0n) is 9.54. The molecule has 1 rings (SSSR count). The molecule has 1 nitrogen and oxygen atoms in total. The molecule has 3 heteroatoms. The first-order valence-corrected chi connectivity index (χ1v) is 7.70. The number of ketones is 1. The largest absolute Gasteiger partial charge is 0.294 e. The maximum absolute atomic E-state index is 11.8. The smallest absolute Gasteiger partial charge is 0.162 e. The third-order valence-corrected chi connectivity index (χ3v) is 3.73. The summed E-state index contributed by atoms with van der Waals surface area (Å²) in [6, 6.07) is 7.95. The van der Waals surface area contributed by atoms with Gasteiger partial charge in [-0.3, -0.25) is 4.79 Å². The molecule has 0 N–H and O–H groups in total. The van der Waals surface area contributed by atoms with Crippen molar-refractivity contribution in [2.24, 2.45) is 0 Å². The maximum Gasteiger partial charge on any atom is 0.162 e. The zero-order chi connectivity index (χ0) is 11.8. The van der Waals surface area contributed by atoms with Crippen LogP contribution in [0.5, 0.6) is 0 Å². The van der Waals surface area contributed by atoms with E-state index in [1.54, 1.807) is 11.8 Å². The highest BCUT2D eigenvalue weighted by molar-refractivity contribution is 9.09. The average molecular weight is 301 g/mol. The van der Waals surface area contributed by atoms with E-state index in [1.165, 1.54) is 4.90 Å². The molecule has 0 amide bonds. The Bertz CT molecular complexity index is 321. The van der Waals surface area contributed by atoms with Crippen molar-refractivity contribution in [1.29, 1.82) is 0 Å². The van der Waals surface area contributed by atoms with Crippen LogP contribution in [0.15, 0.2) is 29.2 Å². The average Bonchev–Trinajstić information content (AvgIpc) is 2.30. The first-order chi connectivity index (χ1) is 7.77. The zero-order valence-corrected chi connectivity index (χ0v) is 11.9. The summed E-state index contributed by atoms with van der Waals surface area (Å²) in [5, 5.41) is 0.979. The summed E-state index contributed by atoms with van der Waals surface area (Å²) >= 11 is 5.17. The van der Waals surface area contributed by atoms with Gasteiger partial charge in [0.2, 0.25) is 0 Å². The van der Waals surface area contributed by atoms with Crippen molar-refractivity contribution in [2.45, 2.75) is 31.1 Å². The Morgan fingerprint density at radius 2 is 1.94 bits per heavy atom. The van der Waals surface area contributed by atoms with Gasteiger partial charge < -0.3 is 0 Å². The van der Waals surface area contributed by atoms with Crippen molar-refractivity contribution in [3.63, 3.8) is 0 Å². The van der Waals surface area contributed by atoms with Gasteiger partial charge in [-0.2, -0.15) is 0 Å². The Hall–Kier alpha value is -0.280. The summed E-state index contributed by atoms with van der Waals surface area (Å²) in [6.07, 6.45) is 2.69. The highest BCUT2D eigenvalue weighted by Crippen LogP contribution is 2.18. The number of carbonyl (C=O) groups excluding carboxylic acids is 1. The number of carbonyl (C=O) groups is 1. The monoisotopic (exact) mass is 300 g/mol. The number of benzene rings is 1. The van der Waals surface area contributed by atoms with Crippen LogP contribution in [0.1, 0.15) is 36.5 Å². The van der Waals surface area contributed by atoms with Gasteiger partial charge in [-0.25, -0.2) is 0 Å². The minimum absolute atomic E-state index is 0.258. The van der Waals surface area contributed by atoms with Gasteiger partial charge in [-0.05, 0) is 30.7 Å². The van der Waals surface area contributed by atoms with E-state index >= 15 is 0 Å². The van der Waals surface area contributed by atoms with Crippen molar-refractivity contribution >= 4 is 33.5 Å². The van der Waals surface area contributed by atoms with Gasteiger partial charge in [0.25, 0.3) is 0 Å². The standard InChI is InChI=1S/C13H17BrOS/c1-2-16-12-8-6-11(7-9-12)13(15)5-3-4-10-14/h6-9H,2-5,10H2,1H3. The molecule has 0 radical (unpaired) electrons. The fraction of sp³-hybridized carbons (Fsp3) is 0.462. The molecule has 1 aromatic carbocycles. The molecule has 0 fully saturated rings. The quantitative estimate of drug-likeness (QED) is 0.318. The first-order valence-electron chi connectivity index (χ1n) is 5.60. The Morgan fingerprint density at radius 1 is 1.25 bits per heavy atom. The molecular formula is C13H17BrOS. The molecular weight excluding hydrogens is 284 g/mol. The van der Waals surface area contributed by atoms with Crippen LogP contribution >= 0.6 is 27.7 Å². The molecule has 0 heterocycles. The van der Waals surface area contributed by atoms with Gasteiger partial charge in [0.15, 0.2) is 5.78 Å². The number of Topliss-reactive ketones (excluding diaryl/α,β-unsaturated/α-hetero) is 1. The number of hydrogen-bond acceptors (Lipinski definition) is 2. The molecule has 0 bridgehead atoms. The van der Waals surface area contributed by atoms with E-state index in [9.17, 15) is 4.79 Å². The van der Waals surface area contributed by atoms with Crippen LogP contribution in [0.4, 0.5) is 0 Å². The second-order valence-corrected chi connectivity index (χ2v) is 5.66. The van der Waals surface area contributed by atoms with Gasteiger partial charge in [0, 0.05) is 22.2 Å². The lowest BCUT2D eigenvalue weighted by Gasteiger charge is -2.02. The molecule has 0 aliphatic rings. The molecule has 0 spiro atoms. The van der Waals surface area contributed by atoms with Crippen LogP contribution in [0, 0.1) is 0 Å². The van der Waals surface area contributed by atoms with Crippen molar-refractivity contribution in [1.82, 2.24) is 0 Å². The molecule has 0 aliphatic carbocycles. The van der Waals surface area contributed by atoms with E-state index in [0.29, 0.717) is 6.42 Å². The highest BCUT2D eigenvalue weighted by atomic mass is 79.9. The molecule has 0 unspecified atom stereocenters. The van der Waals surface area contributed by atoms with Crippen LogP contribution in [0.2, 0.25) is 0 Å². The van der Waals surface area contributed by atoms with E-state index in [1.807, 2.05) is 24.3 Å². The first kappa shape index (κ1) is 13.8. The van der Waals surface area contributed by atoms with E-state index in [-0.39, 0.29) is 5.78 Å². The van der Waals surface area contributed by atoms with Gasteiger partial charge in [0.05, 0.1) is 0 Å². The summed E-state index contributed by atoms with van der Waals surface area (Å²) in [5.74, 6) is 1.33. The lowest BCUT2D eigenvalue weighted by atomic mass is 10.1. The fourth-order valence-electron chi connectivity index (χ4n) is 1.43. The van der Waals surface area contributed by atoms with Gasteiger partial charge in [-0.1, -0.05) is 35.0 Å². The van der Waals surface area contributed by atoms with Crippen LogP contribution in [-0.4, -0.2) is 16.9 Å². The normalized spacial score (nSPS) is 10.4. The molecule has 0 atom stereocenters. The molecule has 0 aliphatic heterocycles. The number of unbranched alkanes of at least 4 members (excludes halogenated alkanes) is 1. The van der Waals surface area contributed by atoms with Crippen LogP contribution < -0.4 is 0 Å². The second-order valence-electron chi connectivity index (χ2n) is 3.53. The lowest BCUT2D eigenvalue weighted by molar-refractivity contribution is 0.0980. The number of alkyl halides is 1. The topological polar surface area (TPSA) is 17.1 Å². The summed E-state index contributed by atoms with van der Waals surface area (Å²) < 4.78 is 0. The predicted molar refractivity (Wildman–Crippen MR) is 74.8 cm³/mol. The minimum atomic E-state index is 0.258. The summed E-state index contributed by atoms with van der Waals surface area (Å²) in [4.78, 5) is 13.0. The van der Waals surface area contributed by atoms with Crippen LogP contribution in [0.3, 0.4) is 0 Å². The molecule has 1 aromatic rings. The third kappa shape index (κ3) is 4.71. The number of halogens is 1. The van der Waals surface area contributed by atoms with Gasteiger partial charge in [0.1, 0.15) is 0 Å². The Labute approximate surface area is 110 Å². The number of rotatable bonds is 7. The molecule has 0 saturated heterocycles. The Balaban J connectivity index is 2.49. The summed E-state index contributed by atoms with van der Waals surface area (Å²) in [7, 11) is 0. The van der Waals surface area contributed by atoms with Crippen molar-refractivity contribution in [3.05, 3.63) is 29.8 Å². The predicted octanol–water partition coefficient (Wildman–Crippen LogP) is 4.55. The lowest BCUT2D eigenvalue weighted by Crippen LogP contribution is -1.98.